The van der Waals surface area contributed by atoms with E-state index in [0.29, 0.717) is 18.7 Å². The number of rotatable bonds is 6. The van der Waals surface area contributed by atoms with Crippen molar-refractivity contribution < 1.29 is 4.79 Å². The Hall–Kier alpha value is -3.80. The highest BCUT2D eigenvalue weighted by Gasteiger charge is 2.08. The molecule has 2 heterocycles. The van der Waals surface area contributed by atoms with Crippen LogP contribution < -0.4 is 10.9 Å². The van der Waals surface area contributed by atoms with E-state index in [-0.39, 0.29) is 18.0 Å². The van der Waals surface area contributed by atoms with Crippen molar-refractivity contribution in [3.8, 4) is 11.3 Å². The lowest BCUT2D eigenvalue weighted by Crippen LogP contribution is -2.34. The predicted octanol–water partition coefficient (Wildman–Crippen LogP) is 2.82. The van der Waals surface area contributed by atoms with Crippen molar-refractivity contribution in [3.05, 3.63) is 95.0 Å². The van der Waals surface area contributed by atoms with Gasteiger partial charge in [-0.15, -0.1) is 0 Å². The summed E-state index contributed by atoms with van der Waals surface area (Å²) in [4.78, 5) is 28.4. The number of hydrogen-bond acceptors (Lipinski definition) is 4. The summed E-state index contributed by atoms with van der Waals surface area (Å²) in [6.45, 7) is 0.374. The van der Waals surface area contributed by atoms with Gasteiger partial charge in [-0.3, -0.25) is 14.6 Å². The van der Waals surface area contributed by atoms with E-state index in [4.69, 9.17) is 0 Å². The Bertz CT molecular complexity index is 1200. The number of aromatic nitrogens is 3. The van der Waals surface area contributed by atoms with E-state index in [0.717, 1.165) is 21.9 Å². The zero-order chi connectivity index (χ0) is 20.1. The van der Waals surface area contributed by atoms with Gasteiger partial charge in [0.2, 0.25) is 5.91 Å². The molecule has 4 aromatic rings. The molecule has 0 aliphatic rings. The number of hydrogen-bond donors (Lipinski definition) is 1. The molecule has 6 heteroatoms. The van der Waals surface area contributed by atoms with Crippen molar-refractivity contribution in [2.45, 2.75) is 13.0 Å². The topological polar surface area (TPSA) is 76.9 Å². The fourth-order valence-corrected chi connectivity index (χ4v) is 3.15. The van der Waals surface area contributed by atoms with Gasteiger partial charge in [0.05, 0.1) is 5.69 Å². The number of pyridine rings is 1. The minimum absolute atomic E-state index is 0.114. The molecule has 144 valence electrons. The SMILES string of the molecule is O=C(Cn1nc(-c2ccc3ccccc3c2)ccc1=O)NCCc1ccncc1. The van der Waals surface area contributed by atoms with Crippen LogP contribution in [-0.2, 0) is 17.8 Å². The first-order chi connectivity index (χ1) is 14.2. The largest absolute Gasteiger partial charge is 0.354 e. The molecule has 0 fully saturated rings. The van der Waals surface area contributed by atoms with E-state index in [1.165, 1.54) is 10.7 Å². The summed E-state index contributed by atoms with van der Waals surface area (Å²) < 4.78 is 1.20. The van der Waals surface area contributed by atoms with E-state index >= 15 is 0 Å². The van der Waals surface area contributed by atoms with Crippen LogP contribution in [0.2, 0.25) is 0 Å². The molecular formula is C23H20N4O2. The van der Waals surface area contributed by atoms with Crippen LogP contribution in [0.4, 0.5) is 0 Å². The van der Waals surface area contributed by atoms with Gasteiger partial charge in [0.1, 0.15) is 6.54 Å². The molecule has 0 saturated carbocycles. The minimum atomic E-state index is -0.307. The summed E-state index contributed by atoms with van der Waals surface area (Å²) in [5, 5.41) is 9.45. The molecular weight excluding hydrogens is 364 g/mol. The monoisotopic (exact) mass is 384 g/mol. The van der Waals surface area contributed by atoms with Gasteiger partial charge < -0.3 is 5.32 Å². The third-order valence-corrected chi connectivity index (χ3v) is 4.69. The summed E-state index contributed by atoms with van der Waals surface area (Å²) in [6.07, 6.45) is 4.14. The summed E-state index contributed by atoms with van der Waals surface area (Å²) in [6, 6.07) is 21.0. The van der Waals surface area contributed by atoms with Crippen molar-refractivity contribution in [3.63, 3.8) is 0 Å². The molecule has 4 rings (SSSR count). The fraction of sp³-hybridized carbons (Fsp3) is 0.130. The van der Waals surface area contributed by atoms with Crippen LogP contribution in [0.5, 0.6) is 0 Å². The molecule has 0 saturated heterocycles. The maximum atomic E-state index is 12.3. The van der Waals surface area contributed by atoms with Crippen molar-refractivity contribution in [2.24, 2.45) is 0 Å². The zero-order valence-electron chi connectivity index (χ0n) is 15.8. The second kappa shape index (κ2) is 8.48. The number of carbonyl (C=O) groups is 1. The van der Waals surface area contributed by atoms with Crippen molar-refractivity contribution in [2.75, 3.05) is 6.54 Å². The Labute approximate surface area is 167 Å². The van der Waals surface area contributed by atoms with Gasteiger partial charge in [-0.2, -0.15) is 5.10 Å². The van der Waals surface area contributed by atoms with Gasteiger partial charge in [-0.1, -0.05) is 36.4 Å². The van der Waals surface area contributed by atoms with Gasteiger partial charge in [0, 0.05) is 30.6 Å². The standard InChI is InChI=1S/C23H20N4O2/c28-22(25-14-11-17-9-12-24-13-10-17)16-27-23(29)8-7-21(26-27)20-6-5-18-3-1-2-4-19(18)15-20/h1-10,12-13,15H,11,14,16H2,(H,25,28). The minimum Gasteiger partial charge on any atom is -0.354 e. The molecule has 0 atom stereocenters. The summed E-state index contributed by atoms with van der Waals surface area (Å²) >= 11 is 0. The van der Waals surface area contributed by atoms with E-state index in [1.807, 2.05) is 54.6 Å². The maximum absolute atomic E-state index is 12.3. The molecule has 6 nitrogen and oxygen atoms in total. The molecule has 0 radical (unpaired) electrons. The molecule has 0 bridgehead atoms. The predicted molar refractivity (Wildman–Crippen MR) is 112 cm³/mol. The van der Waals surface area contributed by atoms with Crippen LogP contribution in [0.1, 0.15) is 5.56 Å². The number of fused-ring (bicyclic) bond motifs is 1. The molecule has 1 N–H and O–H groups in total. The average molecular weight is 384 g/mol. The Balaban J connectivity index is 1.46. The lowest BCUT2D eigenvalue weighted by atomic mass is 10.1. The Morgan fingerprint density at radius 2 is 1.72 bits per heavy atom. The quantitative estimate of drug-likeness (QED) is 0.555. The van der Waals surface area contributed by atoms with Gasteiger partial charge in [-0.25, -0.2) is 4.68 Å². The van der Waals surface area contributed by atoms with Crippen LogP contribution in [0, 0.1) is 0 Å². The number of carbonyl (C=O) groups excluding carboxylic acids is 1. The normalized spacial score (nSPS) is 10.8. The fourth-order valence-electron chi connectivity index (χ4n) is 3.15. The summed E-state index contributed by atoms with van der Waals surface area (Å²) in [5.74, 6) is -0.246. The first-order valence-electron chi connectivity index (χ1n) is 9.42. The molecule has 1 amide bonds. The first-order valence-corrected chi connectivity index (χ1v) is 9.42. The van der Waals surface area contributed by atoms with Crippen LogP contribution in [0.3, 0.4) is 0 Å². The smallest absolute Gasteiger partial charge is 0.267 e. The number of nitrogens with zero attached hydrogens (tertiary/aromatic N) is 3. The number of amides is 1. The third kappa shape index (κ3) is 4.55. The molecule has 0 aliphatic heterocycles. The highest BCUT2D eigenvalue weighted by atomic mass is 16.2. The van der Waals surface area contributed by atoms with Crippen LogP contribution in [-0.4, -0.2) is 27.2 Å². The van der Waals surface area contributed by atoms with E-state index < -0.39 is 0 Å². The highest BCUT2D eigenvalue weighted by molar-refractivity contribution is 5.86. The van der Waals surface area contributed by atoms with Crippen molar-refractivity contribution in [1.29, 1.82) is 0 Å². The maximum Gasteiger partial charge on any atom is 0.267 e. The van der Waals surface area contributed by atoms with Gasteiger partial charge >= 0.3 is 0 Å². The highest BCUT2D eigenvalue weighted by Crippen LogP contribution is 2.22. The second-order valence-electron chi connectivity index (χ2n) is 6.73. The molecule has 0 aliphatic carbocycles. The van der Waals surface area contributed by atoms with E-state index in [9.17, 15) is 9.59 Å². The number of benzene rings is 2. The number of nitrogens with one attached hydrogen (secondary N) is 1. The zero-order valence-corrected chi connectivity index (χ0v) is 15.8. The van der Waals surface area contributed by atoms with Crippen LogP contribution in [0.15, 0.2) is 83.9 Å². The van der Waals surface area contributed by atoms with Crippen LogP contribution >= 0.6 is 0 Å². The molecule has 0 unspecified atom stereocenters. The molecule has 29 heavy (non-hydrogen) atoms. The summed E-state index contributed by atoms with van der Waals surface area (Å²) in [5.41, 5.74) is 2.34. The van der Waals surface area contributed by atoms with Gasteiger partial charge in [-0.05, 0) is 47.0 Å². The Morgan fingerprint density at radius 3 is 2.55 bits per heavy atom. The van der Waals surface area contributed by atoms with Gasteiger partial charge in [0.15, 0.2) is 0 Å². The molecule has 2 aromatic heterocycles. The average Bonchev–Trinajstić information content (AvgIpc) is 2.76. The Morgan fingerprint density at radius 1 is 0.931 bits per heavy atom. The molecule has 0 spiro atoms. The van der Waals surface area contributed by atoms with Crippen molar-refractivity contribution >= 4 is 16.7 Å². The summed E-state index contributed by atoms with van der Waals surface area (Å²) in [7, 11) is 0. The van der Waals surface area contributed by atoms with Crippen LogP contribution in [0.25, 0.3) is 22.0 Å². The van der Waals surface area contributed by atoms with E-state index in [1.54, 1.807) is 18.5 Å². The van der Waals surface area contributed by atoms with Crippen molar-refractivity contribution in [1.82, 2.24) is 20.1 Å². The Kier molecular flexibility index (Phi) is 5.42. The van der Waals surface area contributed by atoms with Gasteiger partial charge in [0.25, 0.3) is 5.56 Å². The first kappa shape index (κ1) is 18.6. The third-order valence-electron chi connectivity index (χ3n) is 4.69. The van der Waals surface area contributed by atoms with E-state index in [2.05, 4.69) is 15.4 Å². The second-order valence-corrected chi connectivity index (χ2v) is 6.73. The molecule has 2 aromatic carbocycles. The lowest BCUT2D eigenvalue weighted by Gasteiger charge is -2.09. The lowest BCUT2D eigenvalue weighted by molar-refractivity contribution is -0.121.